The minimum atomic E-state index is 0.599. The standard InChI is InChI=1S/C51H32N4O/c1-5-16-33(17-6-1)36-28-29-38(43(32-36)51-53-49(34-18-7-2-8-19-34)52-50(54-51)35-20-9-3-10-21-35)40-25-15-27-45-46(40)42-31-30-41-39-24-13-14-26-44(39)55(47(41)48(42)56-45)37-22-11-4-12-23-37/h1-32H. The maximum Gasteiger partial charge on any atom is 0.164 e. The monoisotopic (exact) mass is 716 g/mol. The summed E-state index contributed by atoms with van der Waals surface area (Å²) in [6.07, 6.45) is 0. The molecule has 0 amide bonds. The molecule has 262 valence electrons. The average molecular weight is 717 g/mol. The molecular weight excluding hydrogens is 685 g/mol. The van der Waals surface area contributed by atoms with Crippen molar-refractivity contribution >= 4 is 43.7 Å². The molecule has 0 aliphatic carbocycles. The van der Waals surface area contributed by atoms with Gasteiger partial charge in [-0.1, -0.05) is 158 Å². The van der Waals surface area contributed by atoms with Crippen LogP contribution in [0.25, 0.3) is 106 Å². The summed E-state index contributed by atoms with van der Waals surface area (Å²) < 4.78 is 9.28. The van der Waals surface area contributed by atoms with Crippen LogP contribution < -0.4 is 0 Å². The molecule has 5 heteroatoms. The van der Waals surface area contributed by atoms with E-state index in [0.29, 0.717) is 17.5 Å². The van der Waals surface area contributed by atoms with E-state index in [2.05, 4.69) is 132 Å². The maximum absolute atomic E-state index is 6.95. The van der Waals surface area contributed by atoms with Crippen molar-refractivity contribution in [3.05, 3.63) is 194 Å². The largest absolute Gasteiger partial charge is 0.454 e. The van der Waals surface area contributed by atoms with Crippen LogP contribution in [0.2, 0.25) is 0 Å². The van der Waals surface area contributed by atoms with Crippen LogP contribution in [0.4, 0.5) is 0 Å². The van der Waals surface area contributed by atoms with Gasteiger partial charge in [0.1, 0.15) is 5.58 Å². The van der Waals surface area contributed by atoms with Crippen LogP contribution in [0.5, 0.6) is 0 Å². The van der Waals surface area contributed by atoms with Gasteiger partial charge in [0.2, 0.25) is 0 Å². The Morgan fingerprint density at radius 3 is 1.66 bits per heavy atom. The number of aromatic nitrogens is 4. The maximum atomic E-state index is 6.95. The van der Waals surface area contributed by atoms with Gasteiger partial charge in [0.25, 0.3) is 0 Å². The highest BCUT2D eigenvalue weighted by molar-refractivity contribution is 6.24. The third-order valence-corrected chi connectivity index (χ3v) is 10.7. The van der Waals surface area contributed by atoms with Crippen molar-refractivity contribution in [3.63, 3.8) is 0 Å². The molecule has 0 unspecified atom stereocenters. The Labute approximate surface area is 322 Å². The first-order chi connectivity index (χ1) is 27.8. The van der Waals surface area contributed by atoms with Crippen molar-refractivity contribution in [2.24, 2.45) is 0 Å². The SMILES string of the molecule is c1ccc(-c2ccc(-c3cccc4oc5c(ccc6c7ccccc7n(-c7ccccc7)c65)c34)c(-c3nc(-c4ccccc4)nc(-c4ccccc4)n3)c2)cc1. The second-order valence-corrected chi connectivity index (χ2v) is 14.0. The van der Waals surface area contributed by atoms with Gasteiger partial charge < -0.3 is 8.98 Å². The zero-order valence-corrected chi connectivity index (χ0v) is 30.2. The number of hydrogen-bond acceptors (Lipinski definition) is 4. The number of benzene rings is 8. The molecule has 8 aromatic carbocycles. The number of para-hydroxylation sites is 2. The third-order valence-electron chi connectivity index (χ3n) is 10.7. The molecule has 0 spiro atoms. The minimum absolute atomic E-state index is 0.599. The van der Waals surface area contributed by atoms with Crippen LogP contribution in [-0.2, 0) is 0 Å². The summed E-state index contributed by atoms with van der Waals surface area (Å²) in [5, 5.41) is 4.43. The van der Waals surface area contributed by atoms with E-state index in [4.69, 9.17) is 19.4 Å². The summed E-state index contributed by atoms with van der Waals surface area (Å²) in [7, 11) is 0. The highest BCUT2D eigenvalue weighted by Gasteiger charge is 2.23. The van der Waals surface area contributed by atoms with Crippen LogP contribution in [0.3, 0.4) is 0 Å². The van der Waals surface area contributed by atoms with Crippen molar-refractivity contribution < 1.29 is 4.42 Å². The lowest BCUT2D eigenvalue weighted by atomic mass is 9.92. The average Bonchev–Trinajstić information content (AvgIpc) is 3.84. The van der Waals surface area contributed by atoms with Gasteiger partial charge in [-0.2, -0.15) is 0 Å². The Kier molecular flexibility index (Phi) is 7.42. The van der Waals surface area contributed by atoms with E-state index >= 15 is 0 Å². The Morgan fingerprint density at radius 2 is 0.964 bits per heavy atom. The first kappa shape index (κ1) is 31.9. The predicted molar refractivity (Wildman–Crippen MR) is 229 cm³/mol. The van der Waals surface area contributed by atoms with Gasteiger partial charge in [-0.3, -0.25) is 0 Å². The molecule has 0 radical (unpaired) electrons. The Bertz CT molecular complexity index is 3170. The van der Waals surface area contributed by atoms with E-state index < -0.39 is 0 Å². The summed E-state index contributed by atoms with van der Waals surface area (Å²) in [5.41, 5.74) is 11.9. The van der Waals surface area contributed by atoms with Gasteiger partial charge in [-0.15, -0.1) is 0 Å². The first-order valence-electron chi connectivity index (χ1n) is 18.8. The molecule has 0 N–H and O–H groups in total. The van der Waals surface area contributed by atoms with Gasteiger partial charge in [0, 0.05) is 43.9 Å². The number of fused-ring (bicyclic) bond motifs is 7. The molecule has 0 saturated heterocycles. The number of furan rings is 1. The first-order valence-corrected chi connectivity index (χ1v) is 18.8. The molecule has 11 aromatic rings. The highest BCUT2D eigenvalue weighted by Crippen LogP contribution is 2.45. The lowest BCUT2D eigenvalue weighted by Gasteiger charge is -2.15. The topological polar surface area (TPSA) is 56.7 Å². The molecule has 11 rings (SSSR count). The van der Waals surface area contributed by atoms with E-state index in [9.17, 15) is 0 Å². The van der Waals surface area contributed by atoms with Crippen LogP contribution >= 0.6 is 0 Å². The van der Waals surface area contributed by atoms with Crippen molar-refractivity contribution in [3.8, 4) is 62.1 Å². The van der Waals surface area contributed by atoms with Crippen molar-refractivity contribution in [2.75, 3.05) is 0 Å². The Morgan fingerprint density at radius 1 is 0.375 bits per heavy atom. The second-order valence-electron chi connectivity index (χ2n) is 14.0. The van der Waals surface area contributed by atoms with Crippen molar-refractivity contribution in [2.45, 2.75) is 0 Å². The van der Waals surface area contributed by atoms with E-state index in [0.717, 1.165) is 83.0 Å². The number of rotatable bonds is 6. The fourth-order valence-electron chi connectivity index (χ4n) is 8.10. The van der Waals surface area contributed by atoms with Gasteiger partial charge in [0.05, 0.1) is 11.0 Å². The zero-order chi connectivity index (χ0) is 37.0. The quantitative estimate of drug-likeness (QED) is 0.172. The molecular formula is C51H32N4O. The van der Waals surface area contributed by atoms with Gasteiger partial charge in [0.15, 0.2) is 23.1 Å². The Balaban J connectivity index is 1.21. The highest BCUT2D eigenvalue weighted by atomic mass is 16.3. The predicted octanol–water partition coefficient (Wildman–Crippen LogP) is 13.2. The Hall–Kier alpha value is -7.63. The molecule has 3 heterocycles. The zero-order valence-electron chi connectivity index (χ0n) is 30.2. The van der Waals surface area contributed by atoms with E-state index in [1.54, 1.807) is 0 Å². The normalized spacial score (nSPS) is 11.6. The molecule has 0 bridgehead atoms. The molecule has 0 aliphatic heterocycles. The molecule has 5 nitrogen and oxygen atoms in total. The van der Waals surface area contributed by atoms with E-state index in [1.165, 1.54) is 5.39 Å². The van der Waals surface area contributed by atoms with Crippen LogP contribution in [-0.4, -0.2) is 19.5 Å². The third kappa shape index (κ3) is 5.21. The fourth-order valence-corrected chi connectivity index (χ4v) is 8.10. The van der Waals surface area contributed by atoms with Gasteiger partial charge >= 0.3 is 0 Å². The van der Waals surface area contributed by atoms with E-state index in [-0.39, 0.29) is 0 Å². The van der Waals surface area contributed by atoms with Crippen LogP contribution in [0, 0.1) is 0 Å². The van der Waals surface area contributed by atoms with Crippen LogP contribution in [0.15, 0.2) is 199 Å². The lowest BCUT2D eigenvalue weighted by molar-refractivity contribution is 0.671. The molecule has 3 aromatic heterocycles. The summed E-state index contributed by atoms with van der Waals surface area (Å²) in [6.45, 7) is 0. The molecule has 0 fully saturated rings. The summed E-state index contributed by atoms with van der Waals surface area (Å²) in [6, 6.07) is 67.3. The summed E-state index contributed by atoms with van der Waals surface area (Å²) in [4.78, 5) is 15.4. The molecule has 56 heavy (non-hydrogen) atoms. The molecule has 0 atom stereocenters. The minimum Gasteiger partial charge on any atom is -0.454 e. The number of hydrogen-bond donors (Lipinski definition) is 0. The van der Waals surface area contributed by atoms with Crippen molar-refractivity contribution in [1.82, 2.24) is 19.5 Å². The van der Waals surface area contributed by atoms with Gasteiger partial charge in [-0.05, 0) is 58.7 Å². The summed E-state index contributed by atoms with van der Waals surface area (Å²) >= 11 is 0. The van der Waals surface area contributed by atoms with Gasteiger partial charge in [-0.25, -0.2) is 15.0 Å². The van der Waals surface area contributed by atoms with Crippen molar-refractivity contribution in [1.29, 1.82) is 0 Å². The molecule has 0 aliphatic rings. The number of nitrogens with zero attached hydrogens (tertiary/aromatic N) is 4. The molecule has 0 saturated carbocycles. The second kappa shape index (κ2) is 13.0. The summed E-state index contributed by atoms with van der Waals surface area (Å²) in [5.74, 6) is 1.84. The van der Waals surface area contributed by atoms with E-state index in [1.807, 2.05) is 66.7 Å². The fraction of sp³-hybridized carbons (Fsp3) is 0. The lowest BCUT2D eigenvalue weighted by Crippen LogP contribution is -2.01. The smallest absolute Gasteiger partial charge is 0.164 e. The van der Waals surface area contributed by atoms with Crippen LogP contribution in [0.1, 0.15) is 0 Å².